The Hall–Kier alpha value is -0.400. The van der Waals surface area contributed by atoms with E-state index in [1.54, 1.807) is 53.4 Å². The Morgan fingerprint density at radius 1 is 0.324 bits per heavy atom. The maximum atomic E-state index is 6.04. The smallest absolute Gasteiger partial charge is 0.0690 e. The third-order valence-corrected chi connectivity index (χ3v) is 32.4. The molecule has 19 rings (SSSR count). The summed E-state index contributed by atoms with van der Waals surface area (Å²) in [6.45, 7) is 50.5. The second-order valence-electron chi connectivity index (χ2n) is 41.4. The van der Waals surface area contributed by atoms with E-state index in [0.717, 1.165) is 165 Å². The lowest BCUT2D eigenvalue weighted by atomic mass is 9.50. The molecular formula is C101H192O10. The summed E-state index contributed by atoms with van der Waals surface area (Å²) in [5.41, 5.74) is 0.980. The minimum atomic E-state index is 0.351. The van der Waals surface area contributed by atoms with Crippen LogP contribution in [-0.4, -0.2) is 130 Å². The first kappa shape index (κ1) is 99.4. The first-order chi connectivity index (χ1) is 53.2. The van der Waals surface area contributed by atoms with Crippen LogP contribution in [0.5, 0.6) is 0 Å². The van der Waals surface area contributed by atoms with Gasteiger partial charge in [-0.3, -0.25) is 0 Å². The van der Waals surface area contributed by atoms with Crippen LogP contribution in [0.15, 0.2) is 0 Å². The van der Waals surface area contributed by atoms with Gasteiger partial charge in [-0.2, -0.15) is 0 Å². The highest BCUT2D eigenvalue weighted by molar-refractivity contribution is 5.05. The van der Waals surface area contributed by atoms with E-state index in [1.807, 2.05) is 14.0 Å². The van der Waals surface area contributed by atoms with Crippen LogP contribution in [0, 0.1) is 142 Å². The molecule has 19 aliphatic rings. The van der Waals surface area contributed by atoms with Crippen molar-refractivity contribution in [2.45, 2.75) is 424 Å². The van der Waals surface area contributed by atoms with Crippen molar-refractivity contribution < 1.29 is 47.4 Å². The van der Waals surface area contributed by atoms with Gasteiger partial charge in [-0.25, -0.2) is 0 Å². The molecule has 0 aliphatic heterocycles. The molecule has 0 N–H and O–H groups in total. The van der Waals surface area contributed by atoms with Gasteiger partial charge >= 0.3 is 0 Å². The maximum absolute atomic E-state index is 6.04. The Bertz CT molecular complexity index is 2170. The maximum Gasteiger partial charge on any atom is 0.0690 e. The molecular weight excluding hydrogens is 1370 g/mol. The van der Waals surface area contributed by atoms with E-state index in [0.29, 0.717) is 77.4 Å². The minimum Gasteiger partial charge on any atom is -0.381 e. The molecule has 10 heteroatoms. The molecule has 656 valence electrons. The van der Waals surface area contributed by atoms with Crippen LogP contribution in [0.2, 0.25) is 0 Å². The normalized spacial score (nSPS) is 36.6. The zero-order valence-corrected chi connectivity index (χ0v) is 78.2. The first-order valence-corrected chi connectivity index (χ1v) is 49.0. The van der Waals surface area contributed by atoms with Crippen molar-refractivity contribution >= 4 is 0 Å². The molecule has 19 fully saturated rings. The standard InChI is InChI=1S/C14H26O.2C13H22O.2C12H20O.C9H18O.C8H18O.2C7H16O.C6H14O/c1-2-15-14-10-6-9-13(11-14)12-7-4-3-5-8-12;1-2-14-9-13-6-10-3-11(7-13)5-12(4-10)8-13;1-2-14-8-13-11-4-9-3-10(6-11)7-12(13)5-9;1-2-13-12-6-9-3-10(7-12)5-11(4-9)8-12;1-2-13-12-10-4-8-3-9(6-10)7-11(12)5-8;1-8(10-2)9-6-4-3-5-7-9;1-6(2)7(3)8(4)9-5;1-5-6(2)7(3)8-4;1-5-8-7(4)6(2)3;1-5(2)6(3)7-4/h12-14H,2-11H2,1H3;10-12H,2-9H2,1H3;9-13H,2-8H2,1H3;9-11H,2-8H2,1H3;8-12H,2-7H2,1H3;8-9H,3-7H2,1-2H3;6-8H,1-5H3;2*6-7H,5H2,1-4H3;5-6H,1-4H3. The molecule has 19 saturated carbocycles. The Kier molecular flexibility index (Phi) is 47.2. The fourth-order valence-electron chi connectivity index (χ4n) is 25.6. The van der Waals surface area contributed by atoms with Crippen LogP contribution in [0.1, 0.15) is 376 Å². The van der Waals surface area contributed by atoms with Crippen molar-refractivity contribution in [2.75, 3.05) is 81.3 Å². The van der Waals surface area contributed by atoms with Crippen LogP contribution in [-0.2, 0) is 47.4 Å². The van der Waals surface area contributed by atoms with Gasteiger partial charge in [-0.1, -0.05) is 127 Å². The van der Waals surface area contributed by atoms with Crippen LogP contribution in [0.25, 0.3) is 0 Å². The number of hydrogen-bond acceptors (Lipinski definition) is 10. The molecule has 0 amide bonds. The average molecular weight is 1570 g/mol. The van der Waals surface area contributed by atoms with Crippen molar-refractivity contribution in [3.63, 3.8) is 0 Å². The molecule has 0 saturated heterocycles. The summed E-state index contributed by atoms with van der Waals surface area (Å²) in [5, 5.41) is 0. The van der Waals surface area contributed by atoms with Crippen LogP contribution < -0.4 is 0 Å². The van der Waals surface area contributed by atoms with E-state index < -0.39 is 0 Å². The van der Waals surface area contributed by atoms with Gasteiger partial charge in [-0.05, 0) is 391 Å². The molecule has 19 aliphatic carbocycles. The van der Waals surface area contributed by atoms with E-state index in [1.165, 1.54) is 205 Å². The van der Waals surface area contributed by atoms with Gasteiger partial charge in [0.05, 0.1) is 54.9 Å². The fraction of sp³-hybridized carbons (Fsp3) is 1.00. The molecule has 9 atom stereocenters. The lowest BCUT2D eigenvalue weighted by molar-refractivity contribution is -0.159. The van der Waals surface area contributed by atoms with Gasteiger partial charge in [0.15, 0.2) is 0 Å². The number of hydrogen-bond donors (Lipinski definition) is 0. The van der Waals surface area contributed by atoms with E-state index in [4.69, 9.17) is 47.4 Å². The zero-order chi connectivity index (χ0) is 81.2. The van der Waals surface area contributed by atoms with Crippen molar-refractivity contribution in [1.29, 1.82) is 0 Å². The predicted molar refractivity (Wildman–Crippen MR) is 470 cm³/mol. The monoisotopic (exact) mass is 1570 g/mol. The molecule has 0 radical (unpaired) electrons. The lowest BCUT2D eigenvalue weighted by Gasteiger charge is -2.56. The van der Waals surface area contributed by atoms with Gasteiger partial charge in [0.2, 0.25) is 0 Å². The molecule has 0 heterocycles. The molecule has 0 spiro atoms. The SMILES string of the molecule is CCC(C)C(C)OC.CCOC(C)C(C)C.CCOC12CC3CC(CC(C3)C1)C2.CCOC1C2CC3CC(C2)CC1C3.CCOC1CCCC(C2CCCCC2)C1.CCOCC12CC3CC(CC(C3)C1)C2.CCOCC1C2CC3CC(C2)CC1C3.COC(C)C(C)C.COC(C)C(C)C(C)C.COC(C)C1CCCCC1. The molecule has 111 heavy (non-hydrogen) atoms. The highest BCUT2D eigenvalue weighted by Crippen LogP contribution is 2.61. The fourth-order valence-corrected chi connectivity index (χ4v) is 25.6. The van der Waals surface area contributed by atoms with Gasteiger partial charge in [0.1, 0.15) is 0 Å². The quantitative estimate of drug-likeness (QED) is 0.0834. The Morgan fingerprint density at radius 3 is 1.10 bits per heavy atom. The highest BCUT2D eigenvalue weighted by Gasteiger charge is 2.54. The summed E-state index contributed by atoms with van der Waals surface area (Å²) in [5.74, 6) is 21.8. The van der Waals surface area contributed by atoms with Crippen molar-refractivity contribution in [1.82, 2.24) is 0 Å². The summed E-state index contributed by atoms with van der Waals surface area (Å²) in [6, 6.07) is 0. The second kappa shape index (κ2) is 52.7. The number of rotatable bonds is 26. The third kappa shape index (κ3) is 33.2. The largest absolute Gasteiger partial charge is 0.381 e. The third-order valence-electron chi connectivity index (χ3n) is 32.4. The lowest BCUT2D eigenvalue weighted by Crippen LogP contribution is -2.51. The average Bonchev–Trinajstić information content (AvgIpc) is 0.762. The summed E-state index contributed by atoms with van der Waals surface area (Å²) < 4.78 is 55.0. The Labute approximate surface area is 690 Å². The van der Waals surface area contributed by atoms with Crippen molar-refractivity contribution in [2.24, 2.45) is 142 Å². The second-order valence-corrected chi connectivity index (χ2v) is 41.4. The van der Waals surface area contributed by atoms with E-state index >= 15 is 0 Å². The zero-order valence-electron chi connectivity index (χ0n) is 78.2. The van der Waals surface area contributed by atoms with Crippen LogP contribution >= 0.6 is 0 Å². The highest BCUT2D eigenvalue weighted by atomic mass is 16.5. The van der Waals surface area contributed by atoms with Crippen LogP contribution in [0.3, 0.4) is 0 Å². The molecule has 0 aromatic rings. The van der Waals surface area contributed by atoms with Gasteiger partial charge in [0, 0.05) is 74.7 Å². The number of methoxy groups -OCH3 is 4. The number of ether oxygens (including phenoxy) is 10. The van der Waals surface area contributed by atoms with Gasteiger partial charge in [0.25, 0.3) is 0 Å². The summed E-state index contributed by atoms with van der Waals surface area (Å²) >= 11 is 0. The molecule has 16 bridgehead atoms. The van der Waals surface area contributed by atoms with E-state index in [9.17, 15) is 0 Å². The molecule has 9 unspecified atom stereocenters. The molecule has 0 aromatic carbocycles. The van der Waals surface area contributed by atoms with Gasteiger partial charge < -0.3 is 47.4 Å². The summed E-state index contributed by atoms with van der Waals surface area (Å²) in [7, 11) is 7.09. The first-order valence-electron chi connectivity index (χ1n) is 49.0. The van der Waals surface area contributed by atoms with Crippen molar-refractivity contribution in [3.8, 4) is 0 Å². The Morgan fingerprint density at radius 2 is 0.748 bits per heavy atom. The minimum absolute atomic E-state index is 0.351. The van der Waals surface area contributed by atoms with E-state index in [2.05, 4.69) is 132 Å². The van der Waals surface area contributed by atoms with Crippen molar-refractivity contribution in [3.05, 3.63) is 0 Å². The van der Waals surface area contributed by atoms with E-state index in [-0.39, 0.29) is 0 Å². The summed E-state index contributed by atoms with van der Waals surface area (Å²) in [4.78, 5) is 0. The predicted octanol–water partition coefficient (Wildman–Crippen LogP) is 27.1. The van der Waals surface area contributed by atoms with Gasteiger partial charge in [-0.15, -0.1) is 0 Å². The topological polar surface area (TPSA) is 92.3 Å². The molecule has 10 nitrogen and oxygen atoms in total. The molecule has 0 aromatic heterocycles. The Balaban J connectivity index is 0.000000195. The summed E-state index contributed by atoms with van der Waals surface area (Å²) in [6.07, 6.45) is 57.6. The van der Waals surface area contributed by atoms with Crippen LogP contribution in [0.4, 0.5) is 0 Å².